The Hall–Kier alpha value is -1.26. The van der Waals surface area contributed by atoms with E-state index in [1.54, 1.807) is 7.11 Å². The Morgan fingerprint density at radius 1 is 1.48 bits per heavy atom. The molecule has 0 aromatic heterocycles. The van der Waals surface area contributed by atoms with E-state index < -0.39 is 0 Å². The van der Waals surface area contributed by atoms with Crippen LogP contribution in [-0.2, 0) is 11.2 Å². The van der Waals surface area contributed by atoms with Crippen LogP contribution in [0.4, 0.5) is 0 Å². The number of benzene rings is 1. The summed E-state index contributed by atoms with van der Waals surface area (Å²) in [5.41, 5.74) is 1.14. The van der Waals surface area contributed by atoms with Gasteiger partial charge in [-0.1, -0.05) is 12.1 Å². The van der Waals surface area contributed by atoms with Crippen molar-refractivity contribution in [1.29, 1.82) is 0 Å². The summed E-state index contributed by atoms with van der Waals surface area (Å²) in [5.74, 6) is 1.71. The first-order valence-electron chi connectivity index (χ1n) is 7.38. The molecule has 118 valence electrons. The fraction of sp³-hybridized carbons (Fsp3) is 0.562. The first-order chi connectivity index (χ1) is 9.78. The molecule has 1 aromatic carbocycles. The predicted molar refractivity (Wildman–Crippen MR) is 87.2 cm³/mol. The molecule has 1 atom stereocenters. The summed E-state index contributed by atoms with van der Waals surface area (Å²) in [6.07, 6.45) is 3.61. The van der Waals surface area contributed by atoms with Crippen molar-refractivity contribution in [2.24, 2.45) is 5.92 Å². The smallest absolute Gasteiger partial charge is 0.220 e. The molecule has 2 N–H and O–H groups in total. The fourth-order valence-corrected chi connectivity index (χ4v) is 2.55. The normalized spacial score (nSPS) is 17.1. The van der Waals surface area contributed by atoms with Gasteiger partial charge in [0.2, 0.25) is 5.91 Å². The minimum atomic E-state index is 0. The van der Waals surface area contributed by atoms with Gasteiger partial charge in [0.05, 0.1) is 7.11 Å². The van der Waals surface area contributed by atoms with Crippen molar-refractivity contribution < 1.29 is 9.53 Å². The number of methoxy groups -OCH3 is 1. The molecule has 0 spiro atoms. The van der Waals surface area contributed by atoms with E-state index in [1.165, 1.54) is 6.42 Å². The highest BCUT2D eigenvalue weighted by Crippen LogP contribution is 2.14. The van der Waals surface area contributed by atoms with Crippen molar-refractivity contribution >= 4 is 18.3 Å². The quantitative estimate of drug-likeness (QED) is 0.811. The molecule has 0 bridgehead atoms. The van der Waals surface area contributed by atoms with Crippen LogP contribution in [0.25, 0.3) is 0 Å². The molecule has 1 amide bonds. The first kappa shape index (κ1) is 17.8. The summed E-state index contributed by atoms with van der Waals surface area (Å²) in [4.78, 5) is 11.8. The molecule has 5 heteroatoms. The molecule has 1 aliphatic heterocycles. The zero-order chi connectivity index (χ0) is 14.2. The molecule has 1 saturated heterocycles. The van der Waals surface area contributed by atoms with Crippen LogP contribution < -0.4 is 15.4 Å². The van der Waals surface area contributed by atoms with Gasteiger partial charge in [0, 0.05) is 13.0 Å². The van der Waals surface area contributed by atoms with Gasteiger partial charge >= 0.3 is 0 Å². The largest absolute Gasteiger partial charge is 0.497 e. The van der Waals surface area contributed by atoms with Crippen LogP contribution in [0.2, 0.25) is 0 Å². The highest BCUT2D eigenvalue weighted by molar-refractivity contribution is 5.85. The van der Waals surface area contributed by atoms with Gasteiger partial charge in [-0.2, -0.15) is 0 Å². The molecule has 1 aliphatic rings. The highest BCUT2D eigenvalue weighted by Gasteiger charge is 2.13. The van der Waals surface area contributed by atoms with Gasteiger partial charge in [-0.05, 0) is 56.0 Å². The molecular formula is C16H25ClN2O2. The minimum Gasteiger partial charge on any atom is -0.497 e. The van der Waals surface area contributed by atoms with Crippen LogP contribution in [0.5, 0.6) is 5.75 Å². The van der Waals surface area contributed by atoms with Crippen molar-refractivity contribution in [2.45, 2.75) is 25.7 Å². The van der Waals surface area contributed by atoms with Crippen molar-refractivity contribution in [3.63, 3.8) is 0 Å². The Balaban J connectivity index is 0.00000220. The summed E-state index contributed by atoms with van der Waals surface area (Å²) in [5, 5.41) is 6.35. The molecular weight excluding hydrogens is 288 g/mol. The number of halogens is 1. The average molecular weight is 313 g/mol. The zero-order valence-corrected chi connectivity index (χ0v) is 13.4. The Morgan fingerprint density at radius 3 is 3.05 bits per heavy atom. The molecule has 1 aromatic rings. The number of amides is 1. The molecule has 0 saturated carbocycles. The maximum atomic E-state index is 11.8. The lowest BCUT2D eigenvalue weighted by Crippen LogP contribution is -2.26. The number of carbonyl (C=O) groups excluding carboxylic acids is 1. The maximum Gasteiger partial charge on any atom is 0.220 e. The Bertz CT molecular complexity index is 434. The van der Waals surface area contributed by atoms with Gasteiger partial charge < -0.3 is 15.4 Å². The van der Waals surface area contributed by atoms with E-state index in [2.05, 4.69) is 10.6 Å². The Kier molecular flexibility index (Phi) is 8.16. The molecule has 1 fully saturated rings. The number of carbonyl (C=O) groups is 1. The van der Waals surface area contributed by atoms with Crippen LogP contribution in [0, 0.1) is 5.92 Å². The monoisotopic (exact) mass is 312 g/mol. The molecule has 1 heterocycles. The van der Waals surface area contributed by atoms with Gasteiger partial charge in [-0.25, -0.2) is 0 Å². The predicted octanol–water partition coefficient (Wildman–Crippen LogP) is 2.17. The summed E-state index contributed by atoms with van der Waals surface area (Å²) < 4.78 is 5.18. The van der Waals surface area contributed by atoms with Crippen LogP contribution in [-0.4, -0.2) is 32.7 Å². The number of ether oxygens (including phenoxy) is 1. The van der Waals surface area contributed by atoms with Gasteiger partial charge in [0.15, 0.2) is 0 Å². The summed E-state index contributed by atoms with van der Waals surface area (Å²) in [7, 11) is 1.66. The van der Waals surface area contributed by atoms with Crippen molar-refractivity contribution in [2.75, 3.05) is 26.7 Å². The van der Waals surface area contributed by atoms with E-state index >= 15 is 0 Å². The average Bonchev–Trinajstić information content (AvgIpc) is 2.98. The molecule has 2 rings (SSSR count). The number of aryl methyl sites for hydroxylation is 1. The molecule has 21 heavy (non-hydrogen) atoms. The van der Waals surface area contributed by atoms with Crippen molar-refractivity contribution in [3.8, 4) is 5.75 Å². The molecule has 0 radical (unpaired) electrons. The van der Waals surface area contributed by atoms with Gasteiger partial charge in [-0.15, -0.1) is 12.4 Å². The maximum absolute atomic E-state index is 11.8. The SMILES string of the molecule is COc1cccc(CCC(=O)NCCC2CCNC2)c1.Cl. The van der Waals surface area contributed by atoms with E-state index in [9.17, 15) is 4.79 Å². The topological polar surface area (TPSA) is 50.4 Å². The summed E-state index contributed by atoms with van der Waals surface area (Å²) in [6.45, 7) is 3.01. The summed E-state index contributed by atoms with van der Waals surface area (Å²) >= 11 is 0. The summed E-state index contributed by atoms with van der Waals surface area (Å²) in [6, 6.07) is 7.88. The van der Waals surface area contributed by atoms with Gasteiger partial charge in [0.25, 0.3) is 0 Å². The fourth-order valence-electron chi connectivity index (χ4n) is 2.55. The van der Waals surface area contributed by atoms with E-state index in [4.69, 9.17) is 4.74 Å². The number of hydrogen-bond donors (Lipinski definition) is 2. The lowest BCUT2D eigenvalue weighted by molar-refractivity contribution is -0.121. The minimum absolute atomic E-state index is 0. The lowest BCUT2D eigenvalue weighted by Gasteiger charge is -2.09. The second kappa shape index (κ2) is 9.64. The third-order valence-corrected chi connectivity index (χ3v) is 3.81. The zero-order valence-electron chi connectivity index (χ0n) is 12.6. The number of hydrogen-bond acceptors (Lipinski definition) is 3. The van der Waals surface area contributed by atoms with Crippen molar-refractivity contribution in [3.05, 3.63) is 29.8 Å². The molecule has 1 unspecified atom stereocenters. The standard InChI is InChI=1S/C16H24N2O2.ClH/c1-20-15-4-2-3-13(11-15)5-6-16(19)18-10-8-14-7-9-17-12-14;/h2-4,11,14,17H,5-10,12H2,1H3,(H,18,19);1H. The van der Waals surface area contributed by atoms with E-state index in [-0.39, 0.29) is 18.3 Å². The van der Waals surface area contributed by atoms with E-state index in [0.717, 1.165) is 49.7 Å². The number of rotatable bonds is 7. The number of nitrogens with one attached hydrogen (secondary N) is 2. The third kappa shape index (κ3) is 6.36. The highest BCUT2D eigenvalue weighted by atomic mass is 35.5. The lowest BCUT2D eigenvalue weighted by atomic mass is 10.1. The van der Waals surface area contributed by atoms with Crippen LogP contribution in [0.3, 0.4) is 0 Å². The van der Waals surface area contributed by atoms with Crippen molar-refractivity contribution in [1.82, 2.24) is 10.6 Å². The third-order valence-electron chi connectivity index (χ3n) is 3.81. The second-order valence-corrected chi connectivity index (χ2v) is 5.35. The van der Waals surface area contributed by atoms with E-state index in [1.807, 2.05) is 24.3 Å². The van der Waals surface area contributed by atoms with Crippen LogP contribution in [0.15, 0.2) is 24.3 Å². The second-order valence-electron chi connectivity index (χ2n) is 5.35. The van der Waals surface area contributed by atoms with Crippen LogP contribution in [0.1, 0.15) is 24.8 Å². The Morgan fingerprint density at radius 2 is 2.33 bits per heavy atom. The van der Waals surface area contributed by atoms with E-state index in [0.29, 0.717) is 6.42 Å². The molecule has 0 aliphatic carbocycles. The van der Waals surface area contributed by atoms with Gasteiger partial charge in [0.1, 0.15) is 5.75 Å². The molecule has 4 nitrogen and oxygen atoms in total. The van der Waals surface area contributed by atoms with Gasteiger partial charge in [-0.3, -0.25) is 4.79 Å². The van der Waals surface area contributed by atoms with Crippen LogP contribution >= 0.6 is 12.4 Å². The first-order valence-corrected chi connectivity index (χ1v) is 7.38. The Labute approximate surface area is 133 Å².